The van der Waals surface area contributed by atoms with Gasteiger partial charge in [-0.15, -0.1) is 5.10 Å². The van der Waals surface area contributed by atoms with Gasteiger partial charge in [0.1, 0.15) is 12.4 Å². The lowest BCUT2D eigenvalue weighted by molar-refractivity contribution is -0.126. The Morgan fingerprint density at radius 3 is 2.43 bits per heavy atom. The Kier molecular flexibility index (Phi) is 9.41. The zero-order valence-corrected chi connectivity index (χ0v) is 24.8. The third-order valence-electron chi connectivity index (χ3n) is 6.48. The van der Waals surface area contributed by atoms with E-state index in [9.17, 15) is 9.59 Å². The van der Waals surface area contributed by atoms with Gasteiger partial charge in [-0.3, -0.25) is 4.79 Å². The summed E-state index contributed by atoms with van der Waals surface area (Å²) in [5.74, 6) is 0.836. The average molecular weight is 573 g/mol. The molecule has 4 aromatic rings. The molecule has 3 amide bonds. The molecule has 0 aliphatic carbocycles. The second-order valence-electron chi connectivity index (χ2n) is 11.9. The van der Waals surface area contributed by atoms with Crippen LogP contribution in [0.25, 0.3) is 10.8 Å². The Balaban J connectivity index is 1.46. The predicted molar refractivity (Wildman–Crippen MR) is 162 cm³/mol. The standard InChI is InChI=1S/C31H40N8O3/c1-30(2,3)35-29(41)33-20-24-12-8-9-13-26(24)42-17-16-39-27(36-37-38-39)25(34-28(40)31(4,5)32)19-21-14-15-22-10-6-7-11-23(22)18-21/h6-15,18,25H,16-17,19-20,32H2,1-5H3,(H,34,40)(H2,33,35,41)/t25-/m1/s1. The van der Waals surface area contributed by atoms with E-state index in [1.54, 1.807) is 18.5 Å². The number of ether oxygens (including phenoxy) is 1. The number of nitrogens with zero attached hydrogens (tertiary/aromatic N) is 4. The van der Waals surface area contributed by atoms with E-state index in [2.05, 4.69) is 55.7 Å². The molecule has 0 bridgehead atoms. The molecule has 0 saturated carbocycles. The van der Waals surface area contributed by atoms with Crippen molar-refractivity contribution in [2.75, 3.05) is 6.61 Å². The number of fused-ring (bicyclic) bond motifs is 1. The lowest BCUT2D eigenvalue weighted by atomic mass is 9.99. The Labute approximate surface area is 246 Å². The Morgan fingerprint density at radius 1 is 0.976 bits per heavy atom. The molecule has 1 aromatic heterocycles. The molecular formula is C31H40N8O3. The molecule has 222 valence electrons. The molecular weight excluding hydrogens is 532 g/mol. The number of carbonyl (C=O) groups excluding carboxylic acids is 2. The van der Waals surface area contributed by atoms with Gasteiger partial charge in [-0.2, -0.15) is 0 Å². The third kappa shape index (κ3) is 8.50. The first-order chi connectivity index (χ1) is 19.9. The topological polar surface area (TPSA) is 149 Å². The maximum Gasteiger partial charge on any atom is 0.315 e. The number of benzene rings is 3. The second-order valence-corrected chi connectivity index (χ2v) is 11.9. The molecule has 3 aromatic carbocycles. The summed E-state index contributed by atoms with van der Waals surface area (Å²) in [6.45, 7) is 10.00. The number of amides is 3. The Bertz CT molecular complexity index is 1520. The van der Waals surface area contributed by atoms with Gasteiger partial charge < -0.3 is 26.4 Å². The average Bonchev–Trinajstić information content (AvgIpc) is 3.39. The maximum atomic E-state index is 12.9. The van der Waals surface area contributed by atoms with Crippen molar-refractivity contribution >= 4 is 22.7 Å². The summed E-state index contributed by atoms with van der Waals surface area (Å²) in [4.78, 5) is 25.2. The molecule has 0 saturated heterocycles. The van der Waals surface area contributed by atoms with Gasteiger partial charge in [-0.05, 0) is 67.4 Å². The minimum Gasteiger partial charge on any atom is -0.491 e. The number of hydrogen-bond acceptors (Lipinski definition) is 7. The molecule has 0 radical (unpaired) electrons. The first kappa shape index (κ1) is 30.4. The van der Waals surface area contributed by atoms with E-state index in [4.69, 9.17) is 10.5 Å². The smallest absolute Gasteiger partial charge is 0.315 e. The number of nitrogens with one attached hydrogen (secondary N) is 3. The molecule has 0 unspecified atom stereocenters. The van der Waals surface area contributed by atoms with E-state index in [1.807, 2.05) is 63.2 Å². The highest BCUT2D eigenvalue weighted by molar-refractivity contribution is 5.85. The summed E-state index contributed by atoms with van der Waals surface area (Å²) in [7, 11) is 0. The van der Waals surface area contributed by atoms with Gasteiger partial charge in [0, 0.05) is 24.1 Å². The highest BCUT2D eigenvalue weighted by Gasteiger charge is 2.28. The van der Waals surface area contributed by atoms with Crippen LogP contribution in [0, 0.1) is 0 Å². The van der Waals surface area contributed by atoms with Gasteiger partial charge in [-0.25, -0.2) is 9.48 Å². The zero-order chi connectivity index (χ0) is 30.3. The van der Waals surface area contributed by atoms with E-state index >= 15 is 0 Å². The van der Waals surface area contributed by atoms with Crippen LogP contribution in [0.4, 0.5) is 4.79 Å². The summed E-state index contributed by atoms with van der Waals surface area (Å²) in [6.07, 6.45) is 0.471. The molecule has 5 N–H and O–H groups in total. The van der Waals surface area contributed by atoms with Crippen molar-refractivity contribution in [1.29, 1.82) is 0 Å². The normalized spacial score (nSPS) is 12.5. The minimum atomic E-state index is -1.08. The predicted octanol–water partition coefficient (Wildman–Crippen LogP) is 3.64. The fourth-order valence-corrected chi connectivity index (χ4v) is 4.37. The number of urea groups is 1. The third-order valence-corrected chi connectivity index (χ3v) is 6.48. The molecule has 0 spiro atoms. The van der Waals surface area contributed by atoms with Gasteiger partial charge in [0.05, 0.1) is 18.1 Å². The molecule has 11 heteroatoms. The van der Waals surface area contributed by atoms with Gasteiger partial charge in [0.25, 0.3) is 0 Å². The number of carbonyl (C=O) groups is 2. The Hall–Kier alpha value is -4.51. The molecule has 0 fully saturated rings. The highest BCUT2D eigenvalue weighted by atomic mass is 16.5. The SMILES string of the molecule is CC(C)(C)NC(=O)NCc1ccccc1OCCn1nnnc1[C@@H](Cc1ccc2ccccc2c1)NC(=O)C(C)(C)N. The molecule has 1 atom stereocenters. The lowest BCUT2D eigenvalue weighted by Crippen LogP contribution is -2.50. The number of aromatic nitrogens is 4. The van der Waals surface area contributed by atoms with Crippen LogP contribution in [0.3, 0.4) is 0 Å². The summed E-state index contributed by atoms with van der Waals surface area (Å²) in [6, 6.07) is 21.1. The first-order valence-corrected chi connectivity index (χ1v) is 14.0. The van der Waals surface area contributed by atoms with Crippen LogP contribution < -0.4 is 26.4 Å². The van der Waals surface area contributed by atoms with Crippen molar-refractivity contribution in [2.45, 2.75) is 71.2 Å². The van der Waals surface area contributed by atoms with Crippen molar-refractivity contribution in [3.63, 3.8) is 0 Å². The zero-order valence-electron chi connectivity index (χ0n) is 24.8. The van der Waals surface area contributed by atoms with Crippen molar-refractivity contribution < 1.29 is 14.3 Å². The summed E-state index contributed by atoms with van der Waals surface area (Å²) in [5.41, 5.74) is 6.54. The first-order valence-electron chi connectivity index (χ1n) is 14.0. The fourth-order valence-electron chi connectivity index (χ4n) is 4.37. The van der Waals surface area contributed by atoms with Gasteiger partial charge >= 0.3 is 6.03 Å². The quantitative estimate of drug-likeness (QED) is 0.214. The molecule has 11 nitrogen and oxygen atoms in total. The number of para-hydroxylation sites is 1. The van der Waals surface area contributed by atoms with E-state index in [1.165, 1.54) is 0 Å². The number of tetrazole rings is 1. The molecule has 0 aliphatic rings. The van der Waals surface area contributed by atoms with Crippen LogP contribution in [-0.2, 0) is 24.3 Å². The number of rotatable bonds is 11. The van der Waals surface area contributed by atoms with Gasteiger partial charge in [0.2, 0.25) is 5.91 Å². The summed E-state index contributed by atoms with van der Waals surface area (Å²) >= 11 is 0. The van der Waals surface area contributed by atoms with Crippen LogP contribution in [0.15, 0.2) is 66.7 Å². The van der Waals surface area contributed by atoms with Crippen molar-refractivity contribution in [1.82, 2.24) is 36.2 Å². The van der Waals surface area contributed by atoms with Crippen molar-refractivity contribution in [3.05, 3.63) is 83.7 Å². The van der Waals surface area contributed by atoms with Crippen molar-refractivity contribution in [2.24, 2.45) is 5.73 Å². The number of hydrogen-bond donors (Lipinski definition) is 4. The second kappa shape index (κ2) is 13.0. The van der Waals surface area contributed by atoms with Crippen LogP contribution in [0.2, 0.25) is 0 Å². The monoisotopic (exact) mass is 572 g/mol. The fraction of sp³-hybridized carbons (Fsp3) is 0.387. The van der Waals surface area contributed by atoms with E-state index in [0.29, 0.717) is 31.1 Å². The molecule has 0 aliphatic heterocycles. The minimum absolute atomic E-state index is 0.254. The van der Waals surface area contributed by atoms with Crippen LogP contribution >= 0.6 is 0 Å². The van der Waals surface area contributed by atoms with Crippen molar-refractivity contribution in [3.8, 4) is 5.75 Å². The van der Waals surface area contributed by atoms with E-state index in [-0.39, 0.29) is 24.1 Å². The Morgan fingerprint density at radius 2 is 1.69 bits per heavy atom. The van der Waals surface area contributed by atoms with E-state index < -0.39 is 11.6 Å². The van der Waals surface area contributed by atoms with Crippen LogP contribution in [0.5, 0.6) is 5.75 Å². The largest absolute Gasteiger partial charge is 0.491 e. The van der Waals surface area contributed by atoms with Crippen LogP contribution in [0.1, 0.15) is 57.6 Å². The molecule has 1 heterocycles. The summed E-state index contributed by atoms with van der Waals surface area (Å²) in [5, 5.41) is 23.4. The summed E-state index contributed by atoms with van der Waals surface area (Å²) < 4.78 is 7.72. The van der Waals surface area contributed by atoms with Gasteiger partial charge in [0.15, 0.2) is 5.82 Å². The highest BCUT2D eigenvalue weighted by Crippen LogP contribution is 2.22. The maximum absolute atomic E-state index is 12.9. The molecule has 42 heavy (non-hydrogen) atoms. The van der Waals surface area contributed by atoms with Crippen LogP contribution in [-0.4, -0.2) is 49.8 Å². The van der Waals surface area contributed by atoms with E-state index in [0.717, 1.165) is 21.9 Å². The number of nitrogens with two attached hydrogens (primary N) is 1. The molecule has 4 rings (SSSR count). The van der Waals surface area contributed by atoms with Gasteiger partial charge in [-0.1, -0.05) is 60.7 Å². The lowest BCUT2D eigenvalue weighted by Gasteiger charge is -2.24.